The monoisotopic (exact) mass is 356 g/mol. The number of aromatic nitrogens is 1. The van der Waals surface area contributed by atoms with Gasteiger partial charge in [0.15, 0.2) is 0 Å². The number of benzene rings is 1. The Bertz CT molecular complexity index is 706. The van der Waals surface area contributed by atoms with E-state index < -0.39 is 10.0 Å². The van der Waals surface area contributed by atoms with E-state index in [4.69, 9.17) is 5.84 Å². The first-order chi connectivity index (χ1) is 9.54. The minimum Gasteiger partial charge on any atom is -0.323 e. The summed E-state index contributed by atoms with van der Waals surface area (Å²) in [4.78, 5) is 3.82. The molecule has 0 atom stereocenters. The number of pyridine rings is 1. The van der Waals surface area contributed by atoms with Gasteiger partial charge in [-0.2, -0.15) is 0 Å². The van der Waals surface area contributed by atoms with Crippen LogP contribution in [-0.2, 0) is 16.6 Å². The average molecular weight is 357 g/mol. The molecule has 0 bridgehead atoms. The van der Waals surface area contributed by atoms with Crippen molar-refractivity contribution in [2.24, 2.45) is 5.84 Å². The molecule has 20 heavy (non-hydrogen) atoms. The van der Waals surface area contributed by atoms with Crippen molar-refractivity contribution in [2.45, 2.75) is 11.4 Å². The van der Waals surface area contributed by atoms with Crippen LogP contribution < -0.4 is 16.0 Å². The van der Waals surface area contributed by atoms with E-state index in [1.165, 1.54) is 18.5 Å². The molecular formula is C12H13BrN4O2S. The zero-order valence-electron chi connectivity index (χ0n) is 10.4. The summed E-state index contributed by atoms with van der Waals surface area (Å²) in [7, 11) is -3.69. The smallest absolute Gasteiger partial charge is 0.244 e. The van der Waals surface area contributed by atoms with Gasteiger partial charge in [-0.05, 0) is 17.7 Å². The van der Waals surface area contributed by atoms with Gasteiger partial charge in [-0.3, -0.25) is 10.8 Å². The highest BCUT2D eigenvalue weighted by molar-refractivity contribution is 9.10. The molecule has 0 aliphatic carbocycles. The molecule has 6 nitrogen and oxygen atoms in total. The summed E-state index contributed by atoms with van der Waals surface area (Å²) in [6.07, 6.45) is 2.71. The number of halogens is 1. The van der Waals surface area contributed by atoms with Crippen molar-refractivity contribution in [2.75, 3.05) is 5.43 Å². The predicted molar refractivity (Wildman–Crippen MR) is 80.2 cm³/mol. The minimum absolute atomic E-state index is 0.00885. The standard InChI is InChI=1S/C12H13BrN4O2S/c13-10-4-2-1-3-9(10)7-16-20(18,19)12-8-15-6-5-11(12)17-14/h1-6,8,16H,7,14H2,(H,15,17). The van der Waals surface area contributed by atoms with Crippen LogP contribution >= 0.6 is 15.9 Å². The fourth-order valence-electron chi connectivity index (χ4n) is 1.61. The van der Waals surface area contributed by atoms with E-state index in [2.05, 4.69) is 31.1 Å². The molecule has 0 radical (unpaired) electrons. The lowest BCUT2D eigenvalue weighted by Gasteiger charge is -2.11. The Balaban J connectivity index is 2.22. The van der Waals surface area contributed by atoms with E-state index in [0.29, 0.717) is 5.69 Å². The SMILES string of the molecule is NNc1ccncc1S(=O)(=O)NCc1ccccc1Br. The number of hydrogen-bond acceptors (Lipinski definition) is 5. The zero-order chi connectivity index (χ0) is 14.6. The third kappa shape index (κ3) is 3.34. The van der Waals surface area contributed by atoms with Crippen LogP contribution in [0.2, 0.25) is 0 Å². The molecule has 1 heterocycles. The summed E-state index contributed by atoms with van der Waals surface area (Å²) in [5.74, 6) is 5.30. The highest BCUT2D eigenvalue weighted by atomic mass is 79.9. The van der Waals surface area contributed by atoms with Gasteiger partial charge in [0.25, 0.3) is 0 Å². The normalized spacial score (nSPS) is 11.3. The number of hydrazine groups is 1. The number of nitrogens with zero attached hydrogens (tertiary/aromatic N) is 1. The molecule has 4 N–H and O–H groups in total. The van der Waals surface area contributed by atoms with E-state index in [1.54, 1.807) is 0 Å². The molecule has 1 aromatic carbocycles. The van der Waals surface area contributed by atoms with Crippen molar-refractivity contribution < 1.29 is 8.42 Å². The Labute approximate surface area is 125 Å². The summed E-state index contributed by atoms with van der Waals surface area (Å²) in [5.41, 5.74) is 3.47. The lowest BCUT2D eigenvalue weighted by atomic mass is 10.2. The van der Waals surface area contributed by atoms with Crippen molar-refractivity contribution >= 4 is 31.6 Å². The average Bonchev–Trinajstić information content (AvgIpc) is 2.46. The molecule has 106 valence electrons. The van der Waals surface area contributed by atoms with Crippen LogP contribution in [0.5, 0.6) is 0 Å². The quantitative estimate of drug-likeness (QED) is 0.558. The van der Waals surface area contributed by atoms with E-state index >= 15 is 0 Å². The Morgan fingerprint density at radius 2 is 2.00 bits per heavy atom. The lowest BCUT2D eigenvalue weighted by molar-refractivity contribution is 0.581. The molecule has 8 heteroatoms. The van der Waals surface area contributed by atoms with Crippen LogP contribution in [0.15, 0.2) is 52.1 Å². The summed E-state index contributed by atoms with van der Waals surface area (Å²) >= 11 is 3.37. The maximum Gasteiger partial charge on any atom is 0.244 e. The molecule has 0 spiro atoms. The molecule has 1 aromatic heterocycles. The van der Waals surface area contributed by atoms with Gasteiger partial charge < -0.3 is 5.43 Å². The number of nitrogen functional groups attached to an aromatic ring is 1. The number of nitrogens with two attached hydrogens (primary N) is 1. The van der Waals surface area contributed by atoms with Crippen LogP contribution in [0.3, 0.4) is 0 Å². The number of rotatable bonds is 5. The van der Waals surface area contributed by atoms with Gasteiger partial charge >= 0.3 is 0 Å². The molecule has 0 saturated carbocycles. The van der Waals surface area contributed by atoms with Crippen molar-refractivity contribution in [3.63, 3.8) is 0 Å². The molecule has 0 saturated heterocycles. The van der Waals surface area contributed by atoms with Crippen LogP contribution in [0, 0.1) is 0 Å². The fourth-order valence-corrected chi connectivity index (χ4v) is 3.15. The van der Waals surface area contributed by atoms with E-state index in [1.807, 2.05) is 24.3 Å². The molecular weight excluding hydrogens is 344 g/mol. The second-order valence-electron chi connectivity index (χ2n) is 3.93. The third-order valence-corrected chi connectivity index (χ3v) is 4.84. The molecule has 2 aromatic rings. The number of nitrogens with one attached hydrogen (secondary N) is 2. The van der Waals surface area contributed by atoms with Gasteiger partial charge in [0.2, 0.25) is 10.0 Å². The number of hydrogen-bond donors (Lipinski definition) is 3. The topological polar surface area (TPSA) is 97.1 Å². The second-order valence-corrected chi connectivity index (χ2v) is 6.52. The Morgan fingerprint density at radius 1 is 1.25 bits per heavy atom. The largest absolute Gasteiger partial charge is 0.323 e. The van der Waals surface area contributed by atoms with Crippen molar-refractivity contribution in [3.05, 3.63) is 52.8 Å². The van der Waals surface area contributed by atoms with E-state index in [0.717, 1.165) is 10.0 Å². The summed E-state index contributed by atoms with van der Waals surface area (Å²) in [5, 5.41) is 0. The van der Waals surface area contributed by atoms with E-state index in [-0.39, 0.29) is 11.4 Å². The fraction of sp³-hybridized carbons (Fsp3) is 0.0833. The Hall–Kier alpha value is -1.48. The van der Waals surface area contributed by atoms with Gasteiger partial charge in [0.05, 0.1) is 5.69 Å². The van der Waals surface area contributed by atoms with Gasteiger partial charge in [-0.25, -0.2) is 13.1 Å². The maximum atomic E-state index is 12.2. The first kappa shape index (κ1) is 14.9. The van der Waals surface area contributed by atoms with Gasteiger partial charge in [-0.1, -0.05) is 34.1 Å². The summed E-state index contributed by atoms with van der Waals surface area (Å²) < 4.78 is 27.8. The Kier molecular flexibility index (Phi) is 4.71. The predicted octanol–water partition coefficient (Wildman–Crippen LogP) is 1.61. The lowest BCUT2D eigenvalue weighted by Crippen LogP contribution is -2.25. The molecule has 0 aliphatic rings. The van der Waals surface area contributed by atoms with Crippen molar-refractivity contribution in [1.82, 2.24) is 9.71 Å². The zero-order valence-corrected chi connectivity index (χ0v) is 12.8. The first-order valence-corrected chi connectivity index (χ1v) is 7.96. The molecule has 0 unspecified atom stereocenters. The molecule has 0 fully saturated rings. The van der Waals surface area contributed by atoms with Crippen LogP contribution in [-0.4, -0.2) is 13.4 Å². The summed E-state index contributed by atoms with van der Waals surface area (Å²) in [6.45, 7) is 0.169. The van der Waals surface area contributed by atoms with Crippen molar-refractivity contribution in [3.8, 4) is 0 Å². The number of sulfonamides is 1. The van der Waals surface area contributed by atoms with Crippen LogP contribution in [0.25, 0.3) is 0 Å². The molecule has 0 amide bonds. The minimum atomic E-state index is -3.69. The van der Waals surface area contributed by atoms with Crippen LogP contribution in [0.4, 0.5) is 5.69 Å². The second kappa shape index (κ2) is 6.31. The highest BCUT2D eigenvalue weighted by Gasteiger charge is 2.18. The summed E-state index contributed by atoms with van der Waals surface area (Å²) in [6, 6.07) is 8.87. The highest BCUT2D eigenvalue weighted by Crippen LogP contribution is 2.20. The van der Waals surface area contributed by atoms with Gasteiger partial charge in [-0.15, -0.1) is 0 Å². The first-order valence-electron chi connectivity index (χ1n) is 5.68. The number of anilines is 1. The molecule has 0 aliphatic heterocycles. The van der Waals surface area contributed by atoms with Crippen LogP contribution in [0.1, 0.15) is 5.56 Å². The third-order valence-electron chi connectivity index (χ3n) is 2.64. The van der Waals surface area contributed by atoms with Crippen molar-refractivity contribution in [1.29, 1.82) is 0 Å². The molecule has 2 rings (SSSR count). The Morgan fingerprint density at radius 3 is 2.70 bits per heavy atom. The maximum absolute atomic E-state index is 12.2. The van der Waals surface area contributed by atoms with Gasteiger partial charge in [0, 0.05) is 23.4 Å². The van der Waals surface area contributed by atoms with E-state index in [9.17, 15) is 8.42 Å². The van der Waals surface area contributed by atoms with Gasteiger partial charge in [0.1, 0.15) is 4.90 Å².